The van der Waals surface area contributed by atoms with E-state index in [9.17, 15) is 4.79 Å². The molecule has 0 aliphatic carbocycles. The molecule has 0 atom stereocenters. The molecule has 0 fully saturated rings. The molecule has 0 amide bonds. The molecule has 0 saturated carbocycles. The summed E-state index contributed by atoms with van der Waals surface area (Å²) >= 11 is 0. The highest BCUT2D eigenvalue weighted by Gasteiger charge is 2.09. The van der Waals surface area contributed by atoms with Crippen molar-refractivity contribution in [2.45, 2.75) is 46.8 Å². The lowest BCUT2D eigenvalue weighted by atomic mass is 10.1. The van der Waals surface area contributed by atoms with Crippen molar-refractivity contribution < 1.29 is 0 Å². The molecule has 1 aromatic carbocycles. The summed E-state index contributed by atoms with van der Waals surface area (Å²) in [4.78, 5) is 12.3. The minimum absolute atomic E-state index is 0.0125. The van der Waals surface area contributed by atoms with Gasteiger partial charge in [0.15, 0.2) is 0 Å². The monoisotopic (exact) mass is 285 g/mol. The van der Waals surface area contributed by atoms with Crippen molar-refractivity contribution in [3.05, 3.63) is 51.8 Å². The Labute approximate surface area is 125 Å². The molecule has 0 bridgehead atoms. The fourth-order valence-electron chi connectivity index (χ4n) is 2.12. The first-order valence-corrected chi connectivity index (χ1v) is 7.42. The van der Waals surface area contributed by atoms with Gasteiger partial charge < -0.3 is 5.32 Å². The summed E-state index contributed by atoms with van der Waals surface area (Å²) < 4.78 is 1.53. The minimum Gasteiger partial charge on any atom is -0.310 e. The highest BCUT2D eigenvalue weighted by Crippen LogP contribution is 2.17. The number of rotatable bonds is 5. The largest absolute Gasteiger partial charge is 0.310 e. The van der Waals surface area contributed by atoms with E-state index in [0.717, 1.165) is 16.8 Å². The summed E-state index contributed by atoms with van der Waals surface area (Å²) in [5.74, 6) is 0. The van der Waals surface area contributed by atoms with E-state index in [1.165, 1.54) is 10.2 Å². The molecule has 1 N–H and O–H groups in total. The number of benzene rings is 1. The van der Waals surface area contributed by atoms with Crippen LogP contribution in [-0.4, -0.2) is 15.8 Å². The molecule has 1 aromatic heterocycles. The molecule has 21 heavy (non-hydrogen) atoms. The van der Waals surface area contributed by atoms with E-state index in [2.05, 4.69) is 43.3 Å². The fourth-order valence-corrected chi connectivity index (χ4v) is 2.12. The first-order chi connectivity index (χ1) is 10.0. The van der Waals surface area contributed by atoms with Crippen LogP contribution in [0.1, 0.15) is 31.9 Å². The van der Waals surface area contributed by atoms with Crippen LogP contribution in [0.2, 0.25) is 0 Å². The molecule has 0 unspecified atom stereocenters. The van der Waals surface area contributed by atoms with Crippen molar-refractivity contribution in [2.24, 2.45) is 0 Å². The van der Waals surface area contributed by atoms with E-state index >= 15 is 0 Å². The van der Waals surface area contributed by atoms with Gasteiger partial charge in [0.05, 0.1) is 5.69 Å². The Hall–Kier alpha value is -1.94. The third-order valence-corrected chi connectivity index (χ3v) is 3.40. The first-order valence-electron chi connectivity index (χ1n) is 7.42. The van der Waals surface area contributed by atoms with Crippen LogP contribution in [0.15, 0.2) is 35.1 Å². The Balaban J connectivity index is 2.44. The van der Waals surface area contributed by atoms with Gasteiger partial charge in [0.1, 0.15) is 0 Å². The number of nitrogens with one attached hydrogen (secondary N) is 1. The Morgan fingerprint density at radius 3 is 2.48 bits per heavy atom. The first kappa shape index (κ1) is 15.4. The quantitative estimate of drug-likeness (QED) is 0.919. The van der Waals surface area contributed by atoms with E-state index in [1.54, 1.807) is 0 Å². The van der Waals surface area contributed by atoms with Gasteiger partial charge in [0.2, 0.25) is 0 Å². The van der Waals surface area contributed by atoms with Crippen LogP contribution in [0.3, 0.4) is 0 Å². The average molecular weight is 285 g/mol. The van der Waals surface area contributed by atoms with E-state index in [-0.39, 0.29) is 5.56 Å². The summed E-state index contributed by atoms with van der Waals surface area (Å²) in [5, 5.41) is 7.76. The van der Waals surface area contributed by atoms with Crippen molar-refractivity contribution >= 4 is 0 Å². The van der Waals surface area contributed by atoms with E-state index in [4.69, 9.17) is 0 Å². The normalized spacial score (nSPS) is 11.1. The number of hydrogen-bond donors (Lipinski definition) is 1. The minimum atomic E-state index is -0.0125. The van der Waals surface area contributed by atoms with E-state index in [0.29, 0.717) is 19.1 Å². The second-order valence-corrected chi connectivity index (χ2v) is 5.58. The molecule has 0 radical (unpaired) electrons. The highest BCUT2D eigenvalue weighted by molar-refractivity contribution is 5.59. The standard InChI is InChI=1S/C17H23N3O/c1-5-20-17(21)15(11-18-12(2)3)10-16(19-20)14-8-6-13(4)7-9-14/h6-10,12,18H,5,11H2,1-4H3. The van der Waals surface area contributed by atoms with Gasteiger partial charge in [-0.2, -0.15) is 5.10 Å². The molecule has 4 heteroatoms. The van der Waals surface area contributed by atoms with Crippen molar-refractivity contribution in [3.8, 4) is 11.3 Å². The van der Waals surface area contributed by atoms with Crippen LogP contribution in [0.5, 0.6) is 0 Å². The summed E-state index contributed by atoms with van der Waals surface area (Å²) in [6.45, 7) is 9.28. The number of hydrogen-bond acceptors (Lipinski definition) is 3. The maximum atomic E-state index is 12.3. The fraction of sp³-hybridized carbons (Fsp3) is 0.412. The molecule has 0 aliphatic rings. The average Bonchev–Trinajstić information content (AvgIpc) is 2.47. The molecule has 2 aromatic rings. The van der Waals surface area contributed by atoms with Gasteiger partial charge >= 0.3 is 0 Å². The van der Waals surface area contributed by atoms with Gasteiger partial charge in [0.25, 0.3) is 5.56 Å². The maximum Gasteiger partial charge on any atom is 0.271 e. The second kappa shape index (κ2) is 6.68. The molecule has 0 spiro atoms. The van der Waals surface area contributed by atoms with Gasteiger partial charge in [-0.25, -0.2) is 4.68 Å². The maximum absolute atomic E-state index is 12.3. The SMILES string of the molecule is CCn1nc(-c2ccc(C)cc2)cc(CNC(C)C)c1=O. The zero-order chi connectivity index (χ0) is 15.4. The topological polar surface area (TPSA) is 46.9 Å². The van der Waals surface area contributed by atoms with Crippen LogP contribution in [0, 0.1) is 6.92 Å². The molecule has 1 heterocycles. The zero-order valence-corrected chi connectivity index (χ0v) is 13.2. The van der Waals surface area contributed by atoms with Crippen molar-refractivity contribution in [1.82, 2.24) is 15.1 Å². The number of aromatic nitrogens is 2. The summed E-state index contributed by atoms with van der Waals surface area (Å²) in [6, 6.07) is 10.4. The number of nitrogens with zero attached hydrogens (tertiary/aromatic N) is 2. The van der Waals surface area contributed by atoms with Gasteiger partial charge in [-0.3, -0.25) is 4.79 Å². The van der Waals surface area contributed by atoms with Crippen molar-refractivity contribution in [1.29, 1.82) is 0 Å². The van der Waals surface area contributed by atoms with Crippen LogP contribution < -0.4 is 10.9 Å². The lowest BCUT2D eigenvalue weighted by molar-refractivity contribution is 0.564. The van der Waals surface area contributed by atoms with Gasteiger partial charge in [-0.15, -0.1) is 0 Å². The highest BCUT2D eigenvalue weighted by atomic mass is 16.1. The van der Waals surface area contributed by atoms with Crippen LogP contribution in [-0.2, 0) is 13.1 Å². The predicted octanol–water partition coefficient (Wildman–Crippen LogP) is 2.74. The third-order valence-electron chi connectivity index (χ3n) is 3.40. The van der Waals surface area contributed by atoms with Crippen LogP contribution in [0.25, 0.3) is 11.3 Å². The Bertz CT molecular complexity index is 657. The zero-order valence-electron chi connectivity index (χ0n) is 13.2. The molecule has 2 rings (SSSR count). The molecule has 0 aliphatic heterocycles. The van der Waals surface area contributed by atoms with E-state index < -0.39 is 0 Å². The molecular formula is C17H23N3O. The second-order valence-electron chi connectivity index (χ2n) is 5.58. The summed E-state index contributed by atoms with van der Waals surface area (Å²) in [7, 11) is 0. The number of aryl methyl sites for hydroxylation is 2. The third kappa shape index (κ3) is 3.79. The Kier molecular flexibility index (Phi) is 4.91. The molecule has 4 nitrogen and oxygen atoms in total. The van der Waals surface area contributed by atoms with Crippen LogP contribution in [0.4, 0.5) is 0 Å². The smallest absolute Gasteiger partial charge is 0.271 e. The Morgan fingerprint density at radius 1 is 1.24 bits per heavy atom. The van der Waals surface area contributed by atoms with Crippen molar-refractivity contribution in [3.63, 3.8) is 0 Å². The lowest BCUT2D eigenvalue weighted by Crippen LogP contribution is -2.31. The molecule has 112 valence electrons. The summed E-state index contributed by atoms with van der Waals surface area (Å²) in [5.41, 5.74) is 3.84. The van der Waals surface area contributed by atoms with Gasteiger partial charge in [-0.1, -0.05) is 43.7 Å². The predicted molar refractivity (Wildman–Crippen MR) is 86.3 cm³/mol. The summed E-state index contributed by atoms with van der Waals surface area (Å²) in [6.07, 6.45) is 0. The van der Waals surface area contributed by atoms with Crippen molar-refractivity contribution in [2.75, 3.05) is 0 Å². The Morgan fingerprint density at radius 2 is 1.90 bits per heavy atom. The molecular weight excluding hydrogens is 262 g/mol. The lowest BCUT2D eigenvalue weighted by Gasteiger charge is -2.12. The van der Waals surface area contributed by atoms with Crippen LogP contribution >= 0.6 is 0 Å². The van der Waals surface area contributed by atoms with E-state index in [1.807, 2.05) is 25.1 Å². The molecule has 0 saturated heterocycles. The van der Waals surface area contributed by atoms with Gasteiger partial charge in [0, 0.05) is 30.3 Å². The van der Waals surface area contributed by atoms with Gasteiger partial charge in [-0.05, 0) is 19.9 Å².